The third kappa shape index (κ3) is 4.75. The standard InChI is InChI=1S/C12H17ClN4O2/c1-4-16(12(15(2)3)9-17(18)19)8-10-5-6-11(13)14-7-10/h5-7,9H,4,8H2,1-3H3/b12-9+. The minimum atomic E-state index is -0.446. The number of nitro groups is 1. The lowest BCUT2D eigenvalue weighted by atomic mass is 10.2. The van der Waals surface area contributed by atoms with Crippen LogP contribution in [0.2, 0.25) is 5.15 Å². The molecular formula is C12H17ClN4O2. The molecule has 0 unspecified atom stereocenters. The molecule has 0 amide bonds. The molecule has 0 N–H and O–H groups in total. The molecule has 1 rings (SSSR count). The quantitative estimate of drug-likeness (QED) is 0.455. The van der Waals surface area contributed by atoms with E-state index >= 15 is 0 Å². The molecule has 1 aromatic heterocycles. The molecule has 0 saturated carbocycles. The van der Waals surface area contributed by atoms with Gasteiger partial charge in [-0.05, 0) is 18.6 Å². The van der Waals surface area contributed by atoms with Crippen LogP contribution in [0.3, 0.4) is 0 Å². The first kappa shape index (κ1) is 15.2. The summed E-state index contributed by atoms with van der Waals surface area (Å²) in [5.74, 6) is 0.544. The first-order valence-electron chi connectivity index (χ1n) is 5.82. The molecule has 104 valence electrons. The van der Waals surface area contributed by atoms with Crippen LogP contribution in [0, 0.1) is 10.1 Å². The number of hydrogen-bond donors (Lipinski definition) is 0. The number of hydrogen-bond acceptors (Lipinski definition) is 5. The Bertz CT molecular complexity index is 459. The van der Waals surface area contributed by atoms with Gasteiger partial charge in [-0.3, -0.25) is 10.1 Å². The highest BCUT2D eigenvalue weighted by Gasteiger charge is 2.14. The lowest BCUT2D eigenvalue weighted by Crippen LogP contribution is -2.31. The number of rotatable bonds is 6. The summed E-state index contributed by atoms with van der Waals surface area (Å²) in [6.07, 6.45) is 2.68. The van der Waals surface area contributed by atoms with Crippen molar-refractivity contribution >= 4 is 11.6 Å². The van der Waals surface area contributed by atoms with Crippen molar-refractivity contribution in [3.8, 4) is 0 Å². The molecule has 0 atom stereocenters. The van der Waals surface area contributed by atoms with Crippen molar-refractivity contribution in [1.29, 1.82) is 0 Å². The van der Waals surface area contributed by atoms with Crippen LogP contribution in [-0.2, 0) is 6.54 Å². The van der Waals surface area contributed by atoms with Crippen molar-refractivity contribution in [3.63, 3.8) is 0 Å². The molecule has 0 aliphatic carbocycles. The van der Waals surface area contributed by atoms with Gasteiger partial charge < -0.3 is 9.80 Å². The SMILES string of the molecule is CCN(Cc1ccc(Cl)nc1)/C(=C/[N+](=O)[O-])N(C)C. The van der Waals surface area contributed by atoms with Gasteiger partial charge in [0.2, 0.25) is 0 Å². The largest absolute Gasteiger partial charge is 0.359 e. The van der Waals surface area contributed by atoms with Gasteiger partial charge in [0.05, 0.1) is 4.92 Å². The van der Waals surface area contributed by atoms with Crippen molar-refractivity contribution in [3.05, 3.63) is 51.2 Å². The molecule has 19 heavy (non-hydrogen) atoms. The molecule has 0 aromatic carbocycles. The first-order valence-corrected chi connectivity index (χ1v) is 6.19. The van der Waals surface area contributed by atoms with Gasteiger partial charge in [-0.15, -0.1) is 0 Å². The van der Waals surface area contributed by atoms with Gasteiger partial charge in [-0.25, -0.2) is 4.98 Å². The van der Waals surface area contributed by atoms with Crippen molar-refractivity contribution in [2.45, 2.75) is 13.5 Å². The summed E-state index contributed by atoms with van der Waals surface area (Å²) in [5.41, 5.74) is 0.947. The Balaban J connectivity index is 2.92. The van der Waals surface area contributed by atoms with Crippen LogP contribution in [-0.4, -0.2) is 40.3 Å². The average Bonchev–Trinajstić information content (AvgIpc) is 2.35. The highest BCUT2D eigenvalue weighted by atomic mass is 35.5. The summed E-state index contributed by atoms with van der Waals surface area (Å²) in [6.45, 7) is 3.14. The third-order valence-electron chi connectivity index (χ3n) is 2.55. The molecule has 0 radical (unpaired) electrons. The second-order valence-corrected chi connectivity index (χ2v) is 4.56. The number of pyridine rings is 1. The molecule has 6 nitrogen and oxygen atoms in total. The van der Waals surface area contributed by atoms with E-state index in [0.717, 1.165) is 11.8 Å². The molecule has 0 saturated heterocycles. The van der Waals surface area contributed by atoms with Crippen molar-refractivity contribution < 1.29 is 4.92 Å². The van der Waals surface area contributed by atoms with E-state index in [2.05, 4.69) is 4.98 Å². The second kappa shape index (κ2) is 6.94. The van der Waals surface area contributed by atoms with E-state index in [-0.39, 0.29) is 0 Å². The molecule has 1 aromatic rings. The lowest BCUT2D eigenvalue weighted by Gasteiger charge is -2.28. The maximum atomic E-state index is 10.7. The van der Waals surface area contributed by atoms with Crippen molar-refractivity contribution in [2.24, 2.45) is 0 Å². The van der Waals surface area contributed by atoms with Crippen LogP contribution in [0.4, 0.5) is 0 Å². The highest BCUT2D eigenvalue weighted by molar-refractivity contribution is 6.29. The zero-order valence-electron chi connectivity index (χ0n) is 11.2. The molecule has 0 aliphatic rings. The Kier molecular flexibility index (Phi) is 5.57. The Hall–Kier alpha value is -1.82. The van der Waals surface area contributed by atoms with E-state index in [4.69, 9.17) is 11.6 Å². The van der Waals surface area contributed by atoms with Gasteiger partial charge in [0.25, 0.3) is 6.20 Å². The van der Waals surface area contributed by atoms with Gasteiger partial charge in [0.15, 0.2) is 5.82 Å². The van der Waals surface area contributed by atoms with Gasteiger partial charge >= 0.3 is 0 Å². The van der Waals surface area contributed by atoms with Gasteiger partial charge in [0.1, 0.15) is 5.15 Å². The van der Waals surface area contributed by atoms with Crippen LogP contribution < -0.4 is 0 Å². The Labute approximate surface area is 117 Å². The molecule has 1 heterocycles. The maximum absolute atomic E-state index is 10.7. The molecule has 0 fully saturated rings. The van der Waals surface area contributed by atoms with Gasteiger partial charge in [0, 0.05) is 33.4 Å². The first-order chi connectivity index (χ1) is 8.93. The molecule has 0 aliphatic heterocycles. The fourth-order valence-corrected chi connectivity index (χ4v) is 1.76. The predicted octanol–water partition coefficient (Wildman–Crippen LogP) is 2.19. The summed E-state index contributed by atoms with van der Waals surface area (Å²) >= 11 is 5.73. The minimum Gasteiger partial charge on any atom is -0.359 e. The predicted molar refractivity (Wildman–Crippen MR) is 74.1 cm³/mol. The average molecular weight is 285 g/mol. The Morgan fingerprint density at radius 2 is 2.21 bits per heavy atom. The van der Waals surface area contributed by atoms with Crippen LogP contribution in [0.15, 0.2) is 30.4 Å². The fraction of sp³-hybridized carbons (Fsp3) is 0.417. The maximum Gasteiger partial charge on any atom is 0.274 e. The van der Waals surface area contributed by atoms with E-state index < -0.39 is 4.92 Å². The zero-order chi connectivity index (χ0) is 14.4. The number of halogens is 1. The normalized spacial score (nSPS) is 11.3. The topological polar surface area (TPSA) is 62.5 Å². The monoisotopic (exact) mass is 284 g/mol. The van der Waals surface area contributed by atoms with Crippen LogP contribution in [0.1, 0.15) is 12.5 Å². The van der Waals surface area contributed by atoms with E-state index in [1.54, 1.807) is 31.3 Å². The summed E-state index contributed by atoms with van der Waals surface area (Å²) in [7, 11) is 3.55. The highest BCUT2D eigenvalue weighted by Crippen LogP contribution is 2.13. The third-order valence-corrected chi connectivity index (χ3v) is 2.77. The molecule has 0 bridgehead atoms. The van der Waals surface area contributed by atoms with Crippen LogP contribution in [0.25, 0.3) is 0 Å². The fourth-order valence-electron chi connectivity index (χ4n) is 1.65. The van der Waals surface area contributed by atoms with E-state index in [0.29, 0.717) is 24.1 Å². The second-order valence-electron chi connectivity index (χ2n) is 4.17. The molecular weight excluding hydrogens is 268 g/mol. The Morgan fingerprint density at radius 3 is 2.63 bits per heavy atom. The van der Waals surface area contributed by atoms with Gasteiger partial charge in [-0.2, -0.15) is 0 Å². The van der Waals surface area contributed by atoms with Crippen LogP contribution >= 0.6 is 11.6 Å². The Morgan fingerprint density at radius 1 is 1.53 bits per heavy atom. The summed E-state index contributed by atoms with van der Waals surface area (Å²) in [4.78, 5) is 17.8. The smallest absolute Gasteiger partial charge is 0.274 e. The number of aromatic nitrogens is 1. The van der Waals surface area contributed by atoms with E-state index in [1.807, 2.05) is 17.9 Å². The minimum absolute atomic E-state index is 0.431. The summed E-state index contributed by atoms with van der Waals surface area (Å²) < 4.78 is 0. The van der Waals surface area contributed by atoms with E-state index in [1.165, 1.54) is 0 Å². The number of nitrogens with zero attached hydrogens (tertiary/aromatic N) is 4. The molecule has 0 spiro atoms. The lowest BCUT2D eigenvalue weighted by molar-refractivity contribution is -0.405. The van der Waals surface area contributed by atoms with Crippen molar-refractivity contribution in [2.75, 3.05) is 20.6 Å². The molecule has 7 heteroatoms. The zero-order valence-corrected chi connectivity index (χ0v) is 12.0. The van der Waals surface area contributed by atoms with E-state index in [9.17, 15) is 10.1 Å². The van der Waals surface area contributed by atoms with Crippen molar-refractivity contribution in [1.82, 2.24) is 14.8 Å². The van der Waals surface area contributed by atoms with Crippen LogP contribution in [0.5, 0.6) is 0 Å². The van der Waals surface area contributed by atoms with Gasteiger partial charge in [-0.1, -0.05) is 17.7 Å². The summed E-state index contributed by atoms with van der Waals surface area (Å²) in [5, 5.41) is 11.1. The summed E-state index contributed by atoms with van der Waals surface area (Å²) in [6, 6.07) is 3.56.